The Hall–Kier alpha value is -0.850. The standard InChI is InChI=1S/C14H25N3O2S/c1-4-7-14(2,3)16-20(18,19)13-8-12(9-15)17(10-13)11-5-6-11/h8,10-11,16H,4-7,9,15H2,1-3H3. The summed E-state index contributed by atoms with van der Waals surface area (Å²) in [5.41, 5.74) is 6.17. The van der Waals surface area contributed by atoms with Gasteiger partial charge in [0.15, 0.2) is 0 Å². The third-order valence-corrected chi connectivity index (χ3v) is 5.32. The molecule has 3 N–H and O–H groups in total. The Kier molecular flexibility index (Phi) is 4.27. The number of nitrogens with zero attached hydrogens (tertiary/aromatic N) is 1. The van der Waals surface area contributed by atoms with Crippen molar-refractivity contribution in [1.82, 2.24) is 9.29 Å². The Morgan fingerprint density at radius 1 is 1.45 bits per heavy atom. The van der Waals surface area contributed by atoms with Gasteiger partial charge >= 0.3 is 0 Å². The molecular weight excluding hydrogens is 274 g/mol. The molecule has 1 aromatic rings. The van der Waals surface area contributed by atoms with Gasteiger partial charge in [-0.15, -0.1) is 0 Å². The summed E-state index contributed by atoms with van der Waals surface area (Å²) in [6.07, 6.45) is 5.68. The fourth-order valence-electron chi connectivity index (χ4n) is 2.60. The van der Waals surface area contributed by atoms with Gasteiger partial charge in [0.1, 0.15) is 0 Å². The van der Waals surface area contributed by atoms with Gasteiger partial charge in [0, 0.05) is 30.0 Å². The molecule has 0 atom stereocenters. The van der Waals surface area contributed by atoms with Crippen LogP contribution in [0.2, 0.25) is 0 Å². The molecule has 0 aromatic carbocycles. The summed E-state index contributed by atoms with van der Waals surface area (Å²) >= 11 is 0. The van der Waals surface area contributed by atoms with Gasteiger partial charge in [0.2, 0.25) is 10.0 Å². The summed E-state index contributed by atoms with van der Waals surface area (Å²) in [4.78, 5) is 0.328. The highest BCUT2D eigenvalue weighted by molar-refractivity contribution is 7.89. The zero-order valence-corrected chi connectivity index (χ0v) is 13.3. The van der Waals surface area contributed by atoms with Crippen LogP contribution in [0.25, 0.3) is 0 Å². The van der Waals surface area contributed by atoms with Crippen LogP contribution in [-0.4, -0.2) is 18.5 Å². The van der Waals surface area contributed by atoms with Crippen molar-refractivity contribution in [3.8, 4) is 0 Å². The summed E-state index contributed by atoms with van der Waals surface area (Å²) in [5, 5.41) is 0. The summed E-state index contributed by atoms with van der Waals surface area (Å²) in [7, 11) is -3.48. The lowest BCUT2D eigenvalue weighted by molar-refractivity contribution is 0.417. The maximum Gasteiger partial charge on any atom is 0.242 e. The number of hydrogen-bond acceptors (Lipinski definition) is 3. The van der Waals surface area contributed by atoms with Crippen molar-refractivity contribution in [1.29, 1.82) is 0 Å². The van der Waals surface area contributed by atoms with Gasteiger partial charge in [0.05, 0.1) is 4.90 Å². The van der Waals surface area contributed by atoms with Crippen LogP contribution in [0.3, 0.4) is 0 Å². The minimum absolute atomic E-state index is 0.328. The molecule has 0 aliphatic heterocycles. The van der Waals surface area contributed by atoms with Gasteiger partial charge in [0.25, 0.3) is 0 Å². The molecule has 2 rings (SSSR count). The van der Waals surface area contributed by atoms with Gasteiger partial charge in [-0.25, -0.2) is 13.1 Å². The van der Waals surface area contributed by atoms with Crippen LogP contribution < -0.4 is 10.5 Å². The Morgan fingerprint density at radius 3 is 2.60 bits per heavy atom. The van der Waals surface area contributed by atoms with Gasteiger partial charge in [-0.1, -0.05) is 13.3 Å². The molecule has 0 saturated heterocycles. The van der Waals surface area contributed by atoms with Gasteiger partial charge < -0.3 is 10.3 Å². The van der Waals surface area contributed by atoms with Crippen LogP contribution in [0, 0.1) is 0 Å². The van der Waals surface area contributed by atoms with Crippen molar-refractivity contribution < 1.29 is 8.42 Å². The number of aromatic nitrogens is 1. The van der Waals surface area contributed by atoms with Crippen molar-refractivity contribution in [3.63, 3.8) is 0 Å². The molecule has 20 heavy (non-hydrogen) atoms. The first-order valence-electron chi connectivity index (χ1n) is 7.24. The molecule has 0 radical (unpaired) electrons. The fraction of sp³-hybridized carbons (Fsp3) is 0.714. The van der Waals surface area contributed by atoms with Crippen molar-refractivity contribution >= 4 is 10.0 Å². The van der Waals surface area contributed by atoms with E-state index in [-0.39, 0.29) is 0 Å². The van der Waals surface area contributed by atoms with E-state index < -0.39 is 15.6 Å². The van der Waals surface area contributed by atoms with E-state index in [9.17, 15) is 8.42 Å². The number of hydrogen-bond donors (Lipinski definition) is 2. The van der Waals surface area contributed by atoms with E-state index in [4.69, 9.17) is 5.73 Å². The summed E-state index contributed by atoms with van der Waals surface area (Å²) in [6, 6.07) is 2.13. The molecule has 5 nitrogen and oxygen atoms in total. The largest absolute Gasteiger partial charge is 0.346 e. The third-order valence-electron chi connectivity index (χ3n) is 3.65. The van der Waals surface area contributed by atoms with Crippen LogP contribution in [-0.2, 0) is 16.6 Å². The second kappa shape index (κ2) is 5.50. The highest BCUT2D eigenvalue weighted by Crippen LogP contribution is 2.37. The molecule has 0 unspecified atom stereocenters. The Bertz CT molecular complexity index is 571. The molecule has 6 heteroatoms. The molecule has 1 aliphatic carbocycles. The van der Waals surface area contributed by atoms with E-state index >= 15 is 0 Å². The number of nitrogens with one attached hydrogen (secondary N) is 1. The summed E-state index contributed by atoms with van der Waals surface area (Å²) in [5.74, 6) is 0. The van der Waals surface area contributed by atoms with Crippen LogP contribution in [0.4, 0.5) is 0 Å². The first-order valence-corrected chi connectivity index (χ1v) is 8.72. The van der Waals surface area contributed by atoms with Crippen molar-refractivity contribution in [2.24, 2.45) is 5.73 Å². The molecule has 0 bridgehead atoms. The Labute approximate surface area is 121 Å². The molecule has 0 amide bonds. The molecule has 1 aromatic heterocycles. The minimum atomic E-state index is -3.48. The SMILES string of the molecule is CCCC(C)(C)NS(=O)(=O)c1cc(CN)n(C2CC2)c1. The number of rotatable bonds is 7. The Morgan fingerprint density at radius 2 is 2.10 bits per heavy atom. The minimum Gasteiger partial charge on any atom is -0.346 e. The van der Waals surface area contributed by atoms with Gasteiger partial charge in [-0.05, 0) is 39.2 Å². The number of nitrogens with two attached hydrogens (primary N) is 1. The molecule has 0 spiro atoms. The maximum absolute atomic E-state index is 12.5. The molecule has 1 heterocycles. The van der Waals surface area contributed by atoms with Crippen molar-refractivity contribution in [2.75, 3.05) is 0 Å². The lowest BCUT2D eigenvalue weighted by atomic mass is 10.0. The second-order valence-electron chi connectivity index (χ2n) is 6.25. The fourth-order valence-corrected chi connectivity index (χ4v) is 4.09. The average molecular weight is 299 g/mol. The number of sulfonamides is 1. The van der Waals surface area contributed by atoms with E-state index in [2.05, 4.69) is 4.72 Å². The second-order valence-corrected chi connectivity index (χ2v) is 7.93. The predicted molar refractivity (Wildman–Crippen MR) is 79.9 cm³/mol. The molecule has 1 aliphatic rings. The highest BCUT2D eigenvalue weighted by Gasteiger charge is 2.30. The summed E-state index contributed by atoms with van der Waals surface area (Å²) in [6.45, 7) is 6.24. The van der Waals surface area contributed by atoms with E-state index in [0.717, 1.165) is 31.4 Å². The van der Waals surface area contributed by atoms with Crippen LogP contribution >= 0.6 is 0 Å². The first-order chi connectivity index (χ1) is 9.29. The molecule has 1 fully saturated rings. The van der Waals surface area contributed by atoms with Gasteiger partial charge in [-0.2, -0.15) is 0 Å². The average Bonchev–Trinajstić information content (AvgIpc) is 3.06. The molecule has 1 saturated carbocycles. The van der Waals surface area contributed by atoms with E-state index in [1.54, 1.807) is 12.3 Å². The first kappa shape index (κ1) is 15.5. The van der Waals surface area contributed by atoms with Crippen molar-refractivity contribution in [3.05, 3.63) is 18.0 Å². The van der Waals surface area contributed by atoms with E-state index in [1.807, 2.05) is 25.3 Å². The monoisotopic (exact) mass is 299 g/mol. The topological polar surface area (TPSA) is 77.1 Å². The van der Waals surface area contributed by atoms with Gasteiger partial charge in [-0.3, -0.25) is 0 Å². The van der Waals surface area contributed by atoms with Crippen LogP contribution in [0.1, 0.15) is 58.2 Å². The van der Waals surface area contributed by atoms with Crippen LogP contribution in [0.5, 0.6) is 0 Å². The lowest BCUT2D eigenvalue weighted by Crippen LogP contribution is -2.43. The molecular formula is C14H25N3O2S. The Balaban J connectivity index is 2.25. The van der Waals surface area contributed by atoms with E-state index in [1.165, 1.54) is 0 Å². The quantitative estimate of drug-likeness (QED) is 0.809. The lowest BCUT2D eigenvalue weighted by Gasteiger charge is -2.25. The maximum atomic E-state index is 12.5. The smallest absolute Gasteiger partial charge is 0.242 e. The predicted octanol–water partition coefficient (Wildman–Crippen LogP) is 2.14. The highest BCUT2D eigenvalue weighted by atomic mass is 32.2. The molecule has 114 valence electrons. The zero-order valence-electron chi connectivity index (χ0n) is 12.5. The third kappa shape index (κ3) is 3.42. The zero-order chi connectivity index (χ0) is 15.0. The normalized spacial score (nSPS) is 16.6. The summed E-state index contributed by atoms with van der Waals surface area (Å²) < 4.78 is 29.8. The van der Waals surface area contributed by atoms with Crippen molar-refractivity contribution in [2.45, 2.75) is 69.5 Å². The van der Waals surface area contributed by atoms with E-state index in [0.29, 0.717) is 17.5 Å². The van der Waals surface area contributed by atoms with Crippen LogP contribution in [0.15, 0.2) is 17.2 Å².